The fourth-order valence-electron chi connectivity index (χ4n) is 4.44. The number of carbonyl (C=O) groups excluding carboxylic acids is 1. The molecule has 11 heteroatoms. The number of benzene rings is 2. The number of ether oxygens (including phenoxy) is 1. The quantitative estimate of drug-likeness (QED) is 0.248. The standard InChI is InChI=1S/C27H25F3N4O4/c1-33(2)15-17(14-31)25(35)23-11-16-12-24(38-18-7-9-34(10-8-18)26(36)37)20(13-22(16)32-23)19-5-3-4-6-21(19)27(28,29)30/h3-6,11-13,15,18,32H,7-10H2,1-2H3,(H,36,37)/b17-15+. The molecule has 1 fully saturated rings. The van der Waals surface area contributed by atoms with Gasteiger partial charge in [-0.3, -0.25) is 4.79 Å². The average Bonchev–Trinajstić information content (AvgIpc) is 3.29. The zero-order valence-corrected chi connectivity index (χ0v) is 20.7. The topological polar surface area (TPSA) is 110 Å². The summed E-state index contributed by atoms with van der Waals surface area (Å²) in [5.74, 6) is -0.372. The van der Waals surface area contributed by atoms with Crippen LogP contribution >= 0.6 is 0 Å². The molecule has 4 rings (SSSR count). The Balaban J connectivity index is 1.80. The number of nitrogens with zero attached hydrogens (tertiary/aromatic N) is 3. The van der Waals surface area contributed by atoms with Crippen LogP contribution in [-0.4, -0.2) is 65.1 Å². The second kappa shape index (κ2) is 10.5. The minimum Gasteiger partial charge on any atom is -0.490 e. The molecule has 2 N–H and O–H groups in total. The summed E-state index contributed by atoms with van der Waals surface area (Å²) < 4.78 is 47.9. The first-order chi connectivity index (χ1) is 18.0. The van der Waals surface area contributed by atoms with Gasteiger partial charge in [0, 0.05) is 62.7 Å². The molecule has 3 aromatic rings. The lowest BCUT2D eigenvalue weighted by Gasteiger charge is -2.31. The number of amides is 1. The third-order valence-corrected chi connectivity index (χ3v) is 6.25. The Labute approximate surface area is 216 Å². The van der Waals surface area contributed by atoms with Gasteiger partial charge in [0.15, 0.2) is 0 Å². The number of rotatable bonds is 6. The highest BCUT2D eigenvalue weighted by molar-refractivity contribution is 6.12. The lowest BCUT2D eigenvalue weighted by Crippen LogP contribution is -2.41. The van der Waals surface area contributed by atoms with E-state index < -0.39 is 29.7 Å². The smallest absolute Gasteiger partial charge is 0.417 e. The molecule has 0 atom stereocenters. The van der Waals surface area contributed by atoms with E-state index in [0.29, 0.717) is 23.7 Å². The number of nitrogens with one attached hydrogen (secondary N) is 1. The summed E-state index contributed by atoms with van der Waals surface area (Å²) in [5.41, 5.74) is -0.352. The first-order valence-electron chi connectivity index (χ1n) is 11.8. The van der Waals surface area contributed by atoms with Crippen LogP contribution in [0.3, 0.4) is 0 Å². The maximum Gasteiger partial charge on any atom is 0.417 e. The van der Waals surface area contributed by atoms with Gasteiger partial charge in [0.05, 0.1) is 11.3 Å². The molecule has 198 valence electrons. The number of hydrogen-bond acceptors (Lipinski definition) is 5. The molecule has 0 unspecified atom stereocenters. The number of piperidine rings is 1. The fourth-order valence-corrected chi connectivity index (χ4v) is 4.44. The van der Waals surface area contributed by atoms with Crippen molar-refractivity contribution in [2.45, 2.75) is 25.1 Å². The third kappa shape index (κ3) is 5.59. The molecular weight excluding hydrogens is 501 g/mol. The molecule has 2 heterocycles. The van der Waals surface area contributed by atoms with Crippen LogP contribution in [0.1, 0.15) is 28.9 Å². The number of hydrogen-bond donors (Lipinski definition) is 2. The maximum absolute atomic E-state index is 13.9. The van der Waals surface area contributed by atoms with E-state index in [-0.39, 0.29) is 41.2 Å². The zero-order chi connectivity index (χ0) is 27.6. The number of carbonyl (C=O) groups is 2. The molecule has 1 amide bonds. The SMILES string of the molecule is CN(C)/C=C(\C#N)C(=O)c1cc2cc(OC3CCN(C(=O)O)CC3)c(-c3ccccc3C(F)(F)F)cc2[nH]1. The van der Waals surface area contributed by atoms with Gasteiger partial charge in [-0.15, -0.1) is 0 Å². The van der Waals surface area contributed by atoms with Crippen molar-refractivity contribution in [2.24, 2.45) is 0 Å². The van der Waals surface area contributed by atoms with Gasteiger partial charge in [-0.1, -0.05) is 18.2 Å². The van der Waals surface area contributed by atoms with E-state index in [1.165, 1.54) is 41.4 Å². The Morgan fingerprint density at radius 2 is 1.84 bits per heavy atom. The van der Waals surface area contributed by atoms with Gasteiger partial charge in [0.2, 0.25) is 5.78 Å². The molecule has 0 aliphatic carbocycles. The van der Waals surface area contributed by atoms with Crippen molar-refractivity contribution < 1.29 is 32.6 Å². The normalized spacial score (nSPS) is 14.8. The summed E-state index contributed by atoms with van der Waals surface area (Å²) in [7, 11) is 3.34. The van der Waals surface area contributed by atoms with E-state index >= 15 is 0 Å². The number of likely N-dealkylation sites (tertiary alicyclic amines) is 1. The highest BCUT2D eigenvalue weighted by Gasteiger charge is 2.34. The molecule has 0 bridgehead atoms. The Morgan fingerprint density at radius 1 is 1.16 bits per heavy atom. The number of Topliss-reactive ketones (excluding diaryl/α,β-unsaturated/α-hetero) is 1. The third-order valence-electron chi connectivity index (χ3n) is 6.25. The minimum absolute atomic E-state index is 0.0902. The molecule has 0 spiro atoms. The molecule has 0 saturated carbocycles. The summed E-state index contributed by atoms with van der Waals surface area (Å²) in [5, 5.41) is 19.1. The largest absolute Gasteiger partial charge is 0.490 e. The van der Waals surface area contributed by atoms with Crippen molar-refractivity contribution in [3.63, 3.8) is 0 Å². The number of nitriles is 1. The summed E-state index contributed by atoms with van der Waals surface area (Å²) >= 11 is 0. The van der Waals surface area contributed by atoms with Crippen molar-refractivity contribution in [3.05, 3.63) is 65.5 Å². The molecule has 1 aromatic heterocycles. The number of halogens is 3. The van der Waals surface area contributed by atoms with Gasteiger partial charge in [-0.25, -0.2) is 4.79 Å². The van der Waals surface area contributed by atoms with Crippen molar-refractivity contribution in [3.8, 4) is 22.9 Å². The van der Waals surface area contributed by atoms with Crippen LogP contribution in [0.5, 0.6) is 5.75 Å². The van der Waals surface area contributed by atoms with Crippen LogP contribution < -0.4 is 4.74 Å². The number of allylic oxidation sites excluding steroid dienone is 1. The van der Waals surface area contributed by atoms with E-state index in [4.69, 9.17) is 4.74 Å². The number of ketones is 1. The first kappa shape index (κ1) is 26.6. The van der Waals surface area contributed by atoms with Crippen LogP contribution in [0.4, 0.5) is 18.0 Å². The van der Waals surface area contributed by atoms with Crippen LogP contribution in [0.25, 0.3) is 22.0 Å². The van der Waals surface area contributed by atoms with Crippen LogP contribution in [0, 0.1) is 11.3 Å². The second-order valence-electron chi connectivity index (χ2n) is 9.20. The number of aromatic nitrogens is 1. The molecule has 8 nitrogen and oxygen atoms in total. The van der Waals surface area contributed by atoms with Gasteiger partial charge in [-0.2, -0.15) is 18.4 Å². The predicted molar refractivity (Wildman–Crippen MR) is 134 cm³/mol. The lowest BCUT2D eigenvalue weighted by atomic mass is 9.97. The van der Waals surface area contributed by atoms with Crippen molar-refractivity contribution in [1.82, 2.24) is 14.8 Å². The second-order valence-corrected chi connectivity index (χ2v) is 9.20. The summed E-state index contributed by atoms with van der Waals surface area (Å²) in [6, 6.07) is 11.6. The van der Waals surface area contributed by atoms with Gasteiger partial charge in [0.1, 0.15) is 23.5 Å². The Kier molecular flexibility index (Phi) is 7.35. The number of fused-ring (bicyclic) bond motifs is 1. The molecular formula is C27H25F3N4O4. The predicted octanol–water partition coefficient (Wildman–Crippen LogP) is 5.53. The summed E-state index contributed by atoms with van der Waals surface area (Å²) in [6.45, 7) is 0.489. The monoisotopic (exact) mass is 526 g/mol. The van der Waals surface area contributed by atoms with Gasteiger partial charge < -0.3 is 24.6 Å². The highest BCUT2D eigenvalue weighted by Crippen LogP contribution is 2.42. The Hall–Kier alpha value is -4.46. The Morgan fingerprint density at radius 3 is 2.45 bits per heavy atom. The molecule has 2 aromatic carbocycles. The number of H-pyrrole nitrogens is 1. The average molecular weight is 527 g/mol. The molecule has 38 heavy (non-hydrogen) atoms. The van der Waals surface area contributed by atoms with Gasteiger partial charge in [0.25, 0.3) is 0 Å². The van der Waals surface area contributed by atoms with E-state index in [9.17, 15) is 33.1 Å². The molecule has 0 radical (unpaired) electrons. The lowest BCUT2D eigenvalue weighted by molar-refractivity contribution is -0.137. The van der Waals surface area contributed by atoms with Crippen LogP contribution in [-0.2, 0) is 6.18 Å². The van der Waals surface area contributed by atoms with Gasteiger partial charge in [-0.05, 0) is 29.8 Å². The van der Waals surface area contributed by atoms with Crippen LogP contribution in [0.2, 0.25) is 0 Å². The minimum atomic E-state index is -4.62. The molecule has 1 aliphatic heterocycles. The number of aromatic amines is 1. The van der Waals surface area contributed by atoms with Crippen molar-refractivity contribution >= 4 is 22.8 Å². The number of carboxylic acid groups (broad SMARTS) is 1. The highest BCUT2D eigenvalue weighted by atomic mass is 19.4. The van der Waals surface area contributed by atoms with Crippen molar-refractivity contribution in [2.75, 3.05) is 27.2 Å². The fraction of sp³-hybridized carbons (Fsp3) is 0.296. The van der Waals surface area contributed by atoms with E-state index in [1.807, 2.05) is 6.07 Å². The molecule has 1 aliphatic rings. The van der Waals surface area contributed by atoms with Crippen molar-refractivity contribution in [1.29, 1.82) is 5.26 Å². The van der Waals surface area contributed by atoms with E-state index in [1.54, 1.807) is 25.1 Å². The van der Waals surface area contributed by atoms with E-state index in [0.717, 1.165) is 6.07 Å². The summed E-state index contributed by atoms with van der Waals surface area (Å²) in [6.07, 6.45) is -3.92. The number of alkyl halides is 3. The first-order valence-corrected chi connectivity index (χ1v) is 11.8. The van der Waals surface area contributed by atoms with E-state index in [2.05, 4.69) is 4.98 Å². The summed E-state index contributed by atoms with van der Waals surface area (Å²) in [4.78, 5) is 29.9. The zero-order valence-electron chi connectivity index (χ0n) is 20.7. The molecule has 1 saturated heterocycles. The van der Waals surface area contributed by atoms with Gasteiger partial charge >= 0.3 is 12.3 Å². The van der Waals surface area contributed by atoms with Crippen LogP contribution in [0.15, 0.2) is 54.2 Å². The Bertz CT molecular complexity index is 1440. The maximum atomic E-state index is 13.9.